The van der Waals surface area contributed by atoms with Gasteiger partial charge in [-0.25, -0.2) is 0 Å². The average Bonchev–Trinajstić information content (AvgIpc) is 3.11. The Morgan fingerprint density at radius 3 is 2.75 bits per heavy atom. The van der Waals surface area contributed by atoms with Gasteiger partial charge in [-0.1, -0.05) is 17.3 Å². The molecule has 1 aliphatic rings. The van der Waals surface area contributed by atoms with Crippen LogP contribution in [-0.2, 0) is 24.2 Å². The highest BCUT2D eigenvalue weighted by Gasteiger charge is 2.30. The van der Waals surface area contributed by atoms with Crippen LogP contribution >= 0.6 is 0 Å². The number of aliphatic hydroxyl groups excluding tert-OH is 1. The zero-order chi connectivity index (χ0) is 19.9. The molecule has 154 valence electrons. The van der Waals surface area contributed by atoms with Gasteiger partial charge in [-0.05, 0) is 44.6 Å². The third-order valence-electron chi connectivity index (χ3n) is 4.93. The number of nitrogens with one attached hydrogen (secondary N) is 1. The highest BCUT2D eigenvalue weighted by Crippen LogP contribution is 2.23. The largest absolute Gasteiger partial charge is 0.497 e. The van der Waals surface area contributed by atoms with Crippen molar-refractivity contribution in [1.82, 2.24) is 15.4 Å². The van der Waals surface area contributed by atoms with E-state index >= 15 is 0 Å². The van der Waals surface area contributed by atoms with E-state index in [1.54, 1.807) is 7.11 Å². The van der Waals surface area contributed by atoms with Gasteiger partial charge in [0.05, 0.1) is 37.7 Å². The van der Waals surface area contributed by atoms with E-state index in [4.69, 9.17) is 14.0 Å². The molecule has 2 aromatic rings. The second-order valence-electron chi connectivity index (χ2n) is 7.65. The maximum atomic E-state index is 10.3. The lowest BCUT2D eigenvalue weighted by Gasteiger charge is -2.34. The fourth-order valence-electron chi connectivity index (χ4n) is 3.46. The second kappa shape index (κ2) is 10.0. The summed E-state index contributed by atoms with van der Waals surface area (Å²) in [7, 11) is 5.66. The van der Waals surface area contributed by atoms with Gasteiger partial charge in [0.1, 0.15) is 5.75 Å². The smallest absolute Gasteiger partial charge is 0.150 e. The van der Waals surface area contributed by atoms with E-state index in [2.05, 4.69) is 10.5 Å². The van der Waals surface area contributed by atoms with E-state index in [0.717, 1.165) is 43.1 Å². The lowest BCUT2D eigenvalue weighted by molar-refractivity contribution is -0.115. The van der Waals surface area contributed by atoms with E-state index in [9.17, 15) is 5.11 Å². The molecule has 0 amide bonds. The molecule has 1 fully saturated rings. The van der Waals surface area contributed by atoms with E-state index in [0.29, 0.717) is 13.0 Å². The fourth-order valence-corrected chi connectivity index (χ4v) is 3.46. The molecule has 0 saturated carbocycles. The molecule has 1 aromatic carbocycles. The Balaban J connectivity index is 1.46. The topological polar surface area (TPSA) is 80.0 Å². The second-order valence-corrected chi connectivity index (χ2v) is 7.65. The van der Waals surface area contributed by atoms with Crippen molar-refractivity contribution in [3.63, 3.8) is 0 Å². The van der Waals surface area contributed by atoms with Gasteiger partial charge in [-0.2, -0.15) is 0 Å². The fraction of sp³-hybridized carbons (Fsp3) is 0.571. The van der Waals surface area contributed by atoms with Gasteiger partial charge in [-0.3, -0.25) is 0 Å². The molecule has 1 aromatic heterocycles. The minimum atomic E-state index is -0.443. The van der Waals surface area contributed by atoms with E-state index in [-0.39, 0.29) is 12.2 Å². The monoisotopic (exact) mass is 389 g/mol. The number of aromatic nitrogens is 1. The Kier molecular flexibility index (Phi) is 7.44. The number of methoxy groups -OCH3 is 1. The summed E-state index contributed by atoms with van der Waals surface area (Å²) in [6.07, 6.45) is 1.66. The SMILES string of the molecule is COc1ccc(CNCC2OC(Cc3cc(CN(C)C)on3)CCC2O)cc1. The van der Waals surface area contributed by atoms with E-state index < -0.39 is 6.10 Å². The van der Waals surface area contributed by atoms with Gasteiger partial charge in [0.15, 0.2) is 5.76 Å². The number of ether oxygens (including phenoxy) is 2. The summed E-state index contributed by atoms with van der Waals surface area (Å²) < 4.78 is 16.7. The molecule has 28 heavy (non-hydrogen) atoms. The molecule has 0 radical (unpaired) electrons. The summed E-state index contributed by atoms with van der Waals surface area (Å²) in [6, 6.07) is 9.94. The minimum Gasteiger partial charge on any atom is -0.497 e. The van der Waals surface area contributed by atoms with Crippen LogP contribution in [0.3, 0.4) is 0 Å². The molecule has 7 heteroatoms. The summed E-state index contributed by atoms with van der Waals surface area (Å²) in [5, 5.41) is 17.8. The maximum absolute atomic E-state index is 10.3. The first-order valence-electron chi connectivity index (χ1n) is 9.80. The molecule has 2 N–H and O–H groups in total. The molecule has 3 rings (SSSR count). The number of benzene rings is 1. The molecule has 1 saturated heterocycles. The molecule has 0 bridgehead atoms. The predicted octanol–water partition coefficient (Wildman–Crippen LogP) is 1.99. The Morgan fingerprint density at radius 1 is 1.25 bits per heavy atom. The average molecular weight is 389 g/mol. The Morgan fingerprint density at radius 2 is 2.04 bits per heavy atom. The van der Waals surface area contributed by atoms with Gasteiger partial charge in [0.2, 0.25) is 0 Å². The summed E-state index contributed by atoms with van der Waals surface area (Å²) in [5.41, 5.74) is 2.07. The Labute approximate surface area is 166 Å². The molecule has 7 nitrogen and oxygen atoms in total. The zero-order valence-electron chi connectivity index (χ0n) is 16.9. The molecule has 3 unspecified atom stereocenters. The zero-order valence-corrected chi connectivity index (χ0v) is 16.9. The number of hydrogen-bond donors (Lipinski definition) is 2. The summed E-state index contributed by atoms with van der Waals surface area (Å²) in [5.74, 6) is 1.70. The van der Waals surface area contributed by atoms with Crippen LogP contribution in [0.15, 0.2) is 34.9 Å². The Hall–Kier alpha value is -1.93. The van der Waals surface area contributed by atoms with Crippen LogP contribution in [0.5, 0.6) is 5.75 Å². The van der Waals surface area contributed by atoms with Crippen molar-refractivity contribution in [2.45, 2.75) is 50.7 Å². The van der Waals surface area contributed by atoms with Crippen molar-refractivity contribution < 1.29 is 19.1 Å². The van der Waals surface area contributed by atoms with Crippen LogP contribution < -0.4 is 10.1 Å². The normalized spacial score (nSPS) is 22.5. The summed E-state index contributed by atoms with van der Waals surface area (Å²) in [6.45, 7) is 2.06. The molecule has 3 atom stereocenters. The van der Waals surface area contributed by atoms with Gasteiger partial charge in [0.25, 0.3) is 0 Å². The molecular weight excluding hydrogens is 358 g/mol. The third kappa shape index (κ3) is 6.04. The molecular formula is C21H31N3O4. The number of hydrogen-bond acceptors (Lipinski definition) is 7. The quantitative estimate of drug-likeness (QED) is 0.679. The molecule has 0 aliphatic carbocycles. The van der Waals surface area contributed by atoms with Crippen molar-refractivity contribution in [3.05, 3.63) is 47.3 Å². The molecule has 2 heterocycles. The first kappa shape index (κ1) is 20.8. The third-order valence-corrected chi connectivity index (χ3v) is 4.93. The predicted molar refractivity (Wildman–Crippen MR) is 106 cm³/mol. The van der Waals surface area contributed by atoms with Gasteiger partial charge < -0.3 is 29.3 Å². The lowest BCUT2D eigenvalue weighted by atomic mass is 9.98. The number of aliphatic hydroxyl groups is 1. The standard InChI is InChI=1S/C21H31N3O4/c1-24(2)14-19-11-16(23-28-19)10-18-8-9-20(25)21(27-18)13-22-12-15-4-6-17(26-3)7-5-15/h4-7,11,18,20-22,25H,8-10,12-14H2,1-3H3. The molecule has 1 aliphatic heterocycles. The maximum Gasteiger partial charge on any atom is 0.150 e. The van der Waals surface area contributed by atoms with Crippen molar-refractivity contribution in [2.24, 2.45) is 0 Å². The summed E-state index contributed by atoms with van der Waals surface area (Å²) >= 11 is 0. The Bertz CT molecular complexity index is 717. The van der Waals surface area contributed by atoms with Crippen molar-refractivity contribution in [2.75, 3.05) is 27.7 Å². The lowest BCUT2D eigenvalue weighted by Crippen LogP contribution is -2.45. The van der Waals surface area contributed by atoms with Crippen LogP contribution in [0.2, 0.25) is 0 Å². The number of rotatable bonds is 9. The first-order valence-corrected chi connectivity index (χ1v) is 9.80. The van der Waals surface area contributed by atoms with E-state index in [1.165, 1.54) is 5.56 Å². The van der Waals surface area contributed by atoms with Crippen molar-refractivity contribution in [1.29, 1.82) is 0 Å². The van der Waals surface area contributed by atoms with Crippen LogP contribution in [-0.4, -0.2) is 61.2 Å². The van der Waals surface area contributed by atoms with Gasteiger partial charge in [0, 0.05) is 25.6 Å². The van der Waals surface area contributed by atoms with Crippen molar-refractivity contribution in [3.8, 4) is 5.75 Å². The van der Waals surface area contributed by atoms with E-state index in [1.807, 2.05) is 49.3 Å². The first-order chi connectivity index (χ1) is 13.5. The number of nitrogens with zero attached hydrogens (tertiary/aromatic N) is 2. The van der Waals surface area contributed by atoms with Crippen LogP contribution in [0.25, 0.3) is 0 Å². The summed E-state index contributed by atoms with van der Waals surface area (Å²) in [4.78, 5) is 2.04. The van der Waals surface area contributed by atoms with Crippen LogP contribution in [0.4, 0.5) is 0 Å². The highest BCUT2D eigenvalue weighted by molar-refractivity contribution is 5.27. The van der Waals surface area contributed by atoms with Crippen molar-refractivity contribution >= 4 is 0 Å². The highest BCUT2D eigenvalue weighted by atomic mass is 16.5. The van der Waals surface area contributed by atoms with Crippen LogP contribution in [0.1, 0.15) is 29.9 Å². The molecule has 0 spiro atoms. The van der Waals surface area contributed by atoms with Gasteiger partial charge >= 0.3 is 0 Å². The van der Waals surface area contributed by atoms with Gasteiger partial charge in [-0.15, -0.1) is 0 Å². The van der Waals surface area contributed by atoms with Crippen LogP contribution in [0, 0.1) is 0 Å². The minimum absolute atomic E-state index is 0.0495.